The normalized spacial score (nSPS) is 12.3. The zero-order valence-corrected chi connectivity index (χ0v) is 33.4. The van der Waals surface area contributed by atoms with Gasteiger partial charge in [-0.1, -0.05) is 169 Å². The molecule has 1 aromatic heterocycles. The smallest absolute Gasteiger partial charge is 0.118 e. The lowest BCUT2D eigenvalue weighted by Crippen LogP contribution is -2.30. The van der Waals surface area contributed by atoms with E-state index in [4.69, 9.17) is 11.5 Å². The monoisotopic (exact) mass is 672 g/mol. The minimum absolute atomic E-state index is 0.183. The second-order valence-corrected chi connectivity index (χ2v) is 13.1. The second-order valence-electron chi connectivity index (χ2n) is 13.1. The maximum atomic E-state index is 10.2. The van der Waals surface area contributed by atoms with Gasteiger partial charge in [0.2, 0.25) is 0 Å². The molecule has 0 spiro atoms. The number of aromatic nitrogens is 1. The maximum absolute atomic E-state index is 10.2. The minimum atomic E-state index is 0.183. The summed E-state index contributed by atoms with van der Waals surface area (Å²) in [5.41, 5.74) is 19.4. The van der Waals surface area contributed by atoms with E-state index in [1.54, 1.807) is 12.1 Å². The number of benzene rings is 2. The van der Waals surface area contributed by atoms with Crippen LogP contribution in [0.25, 0.3) is 29.1 Å². The van der Waals surface area contributed by atoms with Gasteiger partial charge in [0.25, 0.3) is 0 Å². The van der Waals surface area contributed by atoms with Crippen LogP contribution in [0.5, 0.6) is 5.75 Å². The number of nitrogens with two attached hydrogens (primary N) is 2. The van der Waals surface area contributed by atoms with Crippen molar-refractivity contribution in [1.29, 1.82) is 0 Å². The number of nitrogen functional groups attached to an aromatic ring is 1. The molecule has 1 heterocycles. The first-order valence-electron chi connectivity index (χ1n) is 19.1. The number of phenolic OH excluding ortho intramolecular Hbond substituents is 1. The molecule has 4 nitrogen and oxygen atoms in total. The summed E-state index contributed by atoms with van der Waals surface area (Å²) in [7, 11) is 0. The SMILES string of the molecule is C=C(N)c1c(N)n(-c2cc(O)ccc2C)c(=C/C=C(\C)c2ccc(CCC)cc2)/c1=C/CC.CCCC.CCCC(C)CC.CCCCC. The molecule has 274 valence electrons. The van der Waals surface area contributed by atoms with Crippen LogP contribution in [0.15, 0.2) is 55.1 Å². The molecule has 0 bridgehead atoms. The van der Waals surface area contributed by atoms with E-state index in [-0.39, 0.29) is 5.75 Å². The van der Waals surface area contributed by atoms with Crippen LogP contribution in [0.1, 0.15) is 156 Å². The molecule has 0 saturated carbocycles. The summed E-state index contributed by atoms with van der Waals surface area (Å²) in [6.07, 6.45) is 20.1. The number of hydrogen-bond acceptors (Lipinski definition) is 3. The third-order valence-electron chi connectivity index (χ3n) is 8.57. The van der Waals surface area contributed by atoms with E-state index in [0.717, 1.165) is 58.1 Å². The quantitative estimate of drug-likeness (QED) is 0.169. The molecule has 0 amide bonds. The fourth-order valence-corrected chi connectivity index (χ4v) is 5.21. The zero-order valence-electron chi connectivity index (χ0n) is 33.4. The van der Waals surface area contributed by atoms with Crippen molar-refractivity contribution in [2.45, 2.75) is 147 Å². The van der Waals surface area contributed by atoms with Crippen LogP contribution in [0, 0.1) is 12.8 Å². The Morgan fingerprint density at radius 3 is 1.92 bits per heavy atom. The van der Waals surface area contributed by atoms with E-state index in [1.807, 2.05) is 17.6 Å². The molecular weight excluding hydrogens is 599 g/mol. The van der Waals surface area contributed by atoms with Crippen molar-refractivity contribution in [3.05, 3.63) is 87.9 Å². The summed E-state index contributed by atoms with van der Waals surface area (Å²) >= 11 is 0. The first-order valence-corrected chi connectivity index (χ1v) is 19.1. The molecule has 2 aromatic carbocycles. The Morgan fingerprint density at radius 1 is 0.878 bits per heavy atom. The van der Waals surface area contributed by atoms with E-state index in [9.17, 15) is 5.11 Å². The summed E-state index contributed by atoms with van der Waals surface area (Å²) in [6.45, 7) is 27.9. The summed E-state index contributed by atoms with van der Waals surface area (Å²) in [5, 5.41) is 12.0. The highest BCUT2D eigenvalue weighted by Crippen LogP contribution is 2.24. The van der Waals surface area contributed by atoms with Crippen molar-refractivity contribution < 1.29 is 5.11 Å². The molecule has 0 saturated heterocycles. The van der Waals surface area contributed by atoms with Gasteiger partial charge in [-0.3, -0.25) is 4.57 Å². The standard InChI is InChI=1S/C29H35N3O.C7H16.C5H12.C4H10/c1-6-8-22-12-14-23(15-13-22)19(3)11-17-26-25(9-7-2)28(21(5)30)29(31)32(26)27-18-24(33)16-10-20(27)4;1-4-6-7(3)5-2;1-3-5-4-2;1-3-4-2/h9-18,33H,5-8,30-31H2,1-4H3;7H,4-6H2,1-3H3;3-5H2,1-2H3;3-4H2,1-2H3/b19-11+,25-9-,26-17+;;;. The molecule has 0 fully saturated rings. The molecule has 3 aromatic rings. The molecule has 0 radical (unpaired) electrons. The van der Waals surface area contributed by atoms with Gasteiger partial charge < -0.3 is 16.6 Å². The van der Waals surface area contributed by atoms with Crippen LogP contribution < -0.4 is 22.0 Å². The fraction of sp³-hybridized carbons (Fsp3) is 0.511. The van der Waals surface area contributed by atoms with Crippen LogP contribution >= 0.6 is 0 Å². The molecule has 0 aliphatic carbocycles. The van der Waals surface area contributed by atoms with Gasteiger partial charge in [0.15, 0.2) is 0 Å². The van der Waals surface area contributed by atoms with Gasteiger partial charge in [-0.15, -0.1) is 0 Å². The summed E-state index contributed by atoms with van der Waals surface area (Å²) in [6, 6.07) is 14.0. The van der Waals surface area contributed by atoms with Gasteiger partial charge in [0, 0.05) is 22.5 Å². The Balaban J connectivity index is 0.00000119. The molecule has 0 aliphatic heterocycles. The molecule has 5 N–H and O–H groups in total. The van der Waals surface area contributed by atoms with Crippen molar-refractivity contribution in [2.75, 3.05) is 5.73 Å². The van der Waals surface area contributed by atoms with Gasteiger partial charge >= 0.3 is 0 Å². The van der Waals surface area contributed by atoms with Crippen LogP contribution in [-0.2, 0) is 6.42 Å². The Hall–Kier alpha value is -3.66. The van der Waals surface area contributed by atoms with Crippen LogP contribution in [0.3, 0.4) is 0 Å². The summed E-state index contributed by atoms with van der Waals surface area (Å²) in [4.78, 5) is 0. The molecule has 4 heteroatoms. The number of phenols is 1. The van der Waals surface area contributed by atoms with E-state index < -0.39 is 0 Å². The summed E-state index contributed by atoms with van der Waals surface area (Å²) in [5.74, 6) is 1.64. The first kappa shape index (κ1) is 45.3. The number of unbranched alkanes of at least 4 members (excludes halogenated alkanes) is 3. The minimum Gasteiger partial charge on any atom is -0.508 e. The Kier molecular flexibility index (Phi) is 24.3. The van der Waals surface area contributed by atoms with E-state index in [1.165, 1.54) is 62.5 Å². The lowest BCUT2D eigenvalue weighted by molar-refractivity contribution is 0.475. The molecule has 49 heavy (non-hydrogen) atoms. The predicted octanol–water partition coefficient (Wildman–Crippen LogP) is 11.9. The lowest BCUT2D eigenvalue weighted by Gasteiger charge is -2.12. The molecular formula is C45H73N3O. The summed E-state index contributed by atoms with van der Waals surface area (Å²) < 4.78 is 1.96. The third kappa shape index (κ3) is 16.1. The second kappa shape index (κ2) is 26.2. The van der Waals surface area contributed by atoms with Crippen molar-refractivity contribution in [1.82, 2.24) is 4.57 Å². The van der Waals surface area contributed by atoms with Gasteiger partial charge in [0.1, 0.15) is 11.6 Å². The number of rotatable bonds is 13. The highest BCUT2D eigenvalue weighted by molar-refractivity contribution is 5.76. The molecule has 1 atom stereocenters. The van der Waals surface area contributed by atoms with Crippen LogP contribution in [-0.4, -0.2) is 9.67 Å². The number of aryl methyl sites for hydroxylation is 2. The van der Waals surface area contributed by atoms with Crippen molar-refractivity contribution in [3.63, 3.8) is 0 Å². The average molecular weight is 672 g/mol. The van der Waals surface area contributed by atoms with E-state index in [2.05, 4.69) is 118 Å². The number of hydrogen-bond donors (Lipinski definition) is 3. The van der Waals surface area contributed by atoms with Gasteiger partial charge in [-0.05, 0) is 67.0 Å². The number of nitrogens with zero attached hydrogens (tertiary/aromatic N) is 1. The largest absolute Gasteiger partial charge is 0.508 e. The number of allylic oxidation sites excluding steroid dienone is 2. The van der Waals surface area contributed by atoms with Crippen LogP contribution in [0.2, 0.25) is 0 Å². The fourth-order valence-electron chi connectivity index (χ4n) is 5.21. The number of anilines is 1. The van der Waals surface area contributed by atoms with E-state index >= 15 is 0 Å². The third-order valence-corrected chi connectivity index (χ3v) is 8.57. The maximum Gasteiger partial charge on any atom is 0.118 e. The zero-order chi connectivity index (χ0) is 37.4. The predicted molar refractivity (Wildman–Crippen MR) is 223 cm³/mol. The lowest BCUT2D eigenvalue weighted by atomic mass is 10.0. The molecule has 0 aliphatic rings. The average Bonchev–Trinajstić information content (AvgIpc) is 3.36. The molecule has 3 rings (SSSR count). The Morgan fingerprint density at radius 2 is 1.49 bits per heavy atom. The van der Waals surface area contributed by atoms with Gasteiger partial charge in [-0.25, -0.2) is 0 Å². The van der Waals surface area contributed by atoms with E-state index in [0.29, 0.717) is 11.5 Å². The van der Waals surface area contributed by atoms with Crippen molar-refractivity contribution >= 4 is 29.2 Å². The topological polar surface area (TPSA) is 77.2 Å². The number of aromatic hydroxyl groups is 1. The van der Waals surface area contributed by atoms with Crippen LogP contribution in [0.4, 0.5) is 5.82 Å². The highest BCUT2D eigenvalue weighted by atomic mass is 16.3. The Bertz CT molecular complexity index is 1490. The van der Waals surface area contributed by atoms with Gasteiger partial charge in [0.05, 0.1) is 11.0 Å². The Labute approximate surface area is 301 Å². The van der Waals surface area contributed by atoms with Gasteiger partial charge in [-0.2, -0.15) is 0 Å². The first-order chi connectivity index (χ1) is 23.4. The highest BCUT2D eigenvalue weighted by Gasteiger charge is 2.16. The molecule has 1 unspecified atom stereocenters. The van der Waals surface area contributed by atoms with Crippen molar-refractivity contribution in [2.24, 2.45) is 11.7 Å². The van der Waals surface area contributed by atoms with Crippen molar-refractivity contribution in [3.8, 4) is 11.4 Å².